The molecule has 4 bridgehead atoms. The number of carbonyl (C=O) groups excluding carboxylic acids is 3. The molecule has 1 N–H and O–H groups in total. The molecule has 1 aromatic carbocycles. The van der Waals surface area contributed by atoms with Gasteiger partial charge in [-0.3, -0.25) is 14.4 Å². The third-order valence-corrected chi connectivity index (χ3v) is 7.69. The largest absolute Gasteiger partial charge is 0.456 e. The smallest absolute Gasteiger partial charge is 0.325 e. The second kappa shape index (κ2) is 8.52. The third kappa shape index (κ3) is 4.30. The van der Waals surface area contributed by atoms with Gasteiger partial charge < -0.3 is 10.1 Å². The number of amides is 1. The number of nitrogens with one attached hydrogen (secondary N) is 1. The van der Waals surface area contributed by atoms with Crippen LogP contribution < -0.4 is 5.32 Å². The van der Waals surface area contributed by atoms with E-state index < -0.39 is 5.97 Å². The maximum atomic E-state index is 12.9. The topological polar surface area (TPSA) is 72.5 Å². The summed E-state index contributed by atoms with van der Waals surface area (Å²) in [7, 11) is 0. The fraction of sp³-hybridized carbons (Fsp3) is 0.640. The van der Waals surface area contributed by atoms with Gasteiger partial charge in [0.2, 0.25) is 5.91 Å². The number of ketones is 1. The van der Waals surface area contributed by atoms with E-state index in [-0.39, 0.29) is 30.3 Å². The number of esters is 1. The number of hydrogen-bond donors (Lipinski definition) is 1. The first-order valence-electron chi connectivity index (χ1n) is 11.5. The molecular weight excluding hydrogens is 378 g/mol. The van der Waals surface area contributed by atoms with Crippen LogP contribution in [0.4, 0.5) is 0 Å². The summed E-state index contributed by atoms with van der Waals surface area (Å²) in [5.41, 5.74) is 1.45. The first-order chi connectivity index (χ1) is 14.4. The summed E-state index contributed by atoms with van der Waals surface area (Å²) in [6.45, 7) is 3.82. The van der Waals surface area contributed by atoms with Gasteiger partial charge in [-0.05, 0) is 74.2 Å². The summed E-state index contributed by atoms with van der Waals surface area (Å²) >= 11 is 0. The zero-order valence-corrected chi connectivity index (χ0v) is 18.1. The van der Waals surface area contributed by atoms with Crippen molar-refractivity contribution in [2.45, 2.75) is 64.7 Å². The molecule has 4 fully saturated rings. The fourth-order valence-corrected chi connectivity index (χ4v) is 6.24. The van der Waals surface area contributed by atoms with Gasteiger partial charge in [0, 0.05) is 11.0 Å². The third-order valence-electron chi connectivity index (χ3n) is 7.69. The Morgan fingerprint density at radius 3 is 2.13 bits per heavy atom. The number of ether oxygens (including phenoxy) is 1. The summed E-state index contributed by atoms with van der Waals surface area (Å²) in [5, 5.41) is 2.80. The average Bonchev–Trinajstić information content (AvgIpc) is 2.74. The van der Waals surface area contributed by atoms with E-state index in [0.29, 0.717) is 29.2 Å². The zero-order valence-electron chi connectivity index (χ0n) is 18.1. The molecule has 0 aromatic heterocycles. The van der Waals surface area contributed by atoms with Crippen molar-refractivity contribution in [1.82, 2.24) is 5.32 Å². The zero-order chi connectivity index (χ0) is 21.3. The second-order valence-corrected chi connectivity index (χ2v) is 9.90. The van der Waals surface area contributed by atoms with Gasteiger partial charge in [-0.25, -0.2) is 0 Å². The Morgan fingerprint density at radius 2 is 1.60 bits per heavy atom. The Balaban J connectivity index is 1.23. The van der Waals surface area contributed by atoms with Crippen LogP contribution in [0.1, 0.15) is 80.6 Å². The lowest BCUT2D eigenvalue weighted by molar-refractivity contribution is -0.150. The summed E-state index contributed by atoms with van der Waals surface area (Å²) in [6.07, 6.45) is 7.75. The van der Waals surface area contributed by atoms with Crippen LogP contribution in [0.2, 0.25) is 0 Å². The maximum absolute atomic E-state index is 12.9. The lowest BCUT2D eigenvalue weighted by Crippen LogP contribution is -2.54. The van der Waals surface area contributed by atoms with Crippen LogP contribution in [0.5, 0.6) is 0 Å². The molecule has 4 aliphatic carbocycles. The molecule has 0 unspecified atom stereocenters. The Morgan fingerprint density at radius 1 is 1.03 bits per heavy atom. The normalized spacial score (nSPS) is 30.0. The molecule has 1 atom stereocenters. The molecule has 4 saturated carbocycles. The van der Waals surface area contributed by atoms with Gasteiger partial charge in [-0.1, -0.05) is 38.1 Å². The van der Waals surface area contributed by atoms with E-state index in [2.05, 4.69) is 19.2 Å². The lowest BCUT2D eigenvalue weighted by atomic mass is 9.49. The molecule has 162 valence electrons. The average molecular weight is 412 g/mol. The highest BCUT2D eigenvalue weighted by atomic mass is 16.5. The van der Waals surface area contributed by atoms with E-state index in [0.717, 1.165) is 25.7 Å². The summed E-state index contributed by atoms with van der Waals surface area (Å²) in [5.74, 6) is 1.70. The first kappa shape index (κ1) is 21.1. The van der Waals surface area contributed by atoms with Crippen molar-refractivity contribution >= 4 is 17.7 Å². The molecule has 0 spiro atoms. The Hall–Kier alpha value is -2.17. The van der Waals surface area contributed by atoms with Crippen molar-refractivity contribution in [3.05, 3.63) is 35.4 Å². The van der Waals surface area contributed by atoms with E-state index in [1.807, 2.05) is 12.1 Å². The highest BCUT2D eigenvalue weighted by molar-refractivity contribution is 5.98. The molecule has 5 heteroatoms. The predicted octanol–water partition coefficient (Wildman–Crippen LogP) is 4.26. The Bertz CT molecular complexity index is 778. The van der Waals surface area contributed by atoms with Crippen molar-refractivity contribution in [3.63, 3.8) is 0 Å². The van der Waals surface area contributed by atoms with Gasteiger partial charge in [0.15, 0.2) is 12.4 Å². The van der Waals surface area contributed by atoms with Crippen LogP contribution in [0, 0.1) is 23.2 Å². The molecule has 1 amide bonds. The van der Waals surface area contributed by atoms with Crippen LogP contribution in [0.15, 0.2) is 24.3 Å². The van der Waals surface area contributed by atoms with Crippen molar-refractivity contribution in [2.24, 2.45) is 23.2 Å². The van der Waals surface area contributed by atoms with Gasteiger partial charge in [0.25, 0.3) is 0 Å². The van der Waals surface area contributed by atoms with Gasteiger partial charge in [-0.2, -0.15) is 0 Å². The van der Waals surface area contributed by atoms with E-state index in [9.17, 15) is 14.4 Å². The minimum Gasteiger partial charge on any atom is -0.456 e. The molecule has 5 nitrogen and oxygen atoms in total. The van der Waals surface area contributed by atoms with E-state index in [1.165, 1.54) is 24.8 Å². The van der Waals surface area contributed by atoms with Crippen molar-refractivity contribution in [1.29, 1.82) is 0 Å². The van der Waals surface area contributed by atoms with Crippen molar-refractivity contribution < 1.29 is 19.1 Å². The van der Waals surface area contributed by atoms with Crippen LogP contribution in [0.3, 0.4) is 0 Å². The highest BCUT2D eigenvalue weighted by Gasteiger charge is 2.54. The predicted molar refractivity (Wildman–Crippen MR) is 114 cm³/mol. The first-order valence-corrected chi connectivity index (χ1v) is 11.5. The summed E-state index contributed by atoms with van der Waals surface area (Å²) < 4.78 is 5.12. The van der Waals surface area contributed by atoms with E-state index >= 15 is 0 Å². The monoisotopic (exact) mass is 411 g/mol. The number of Topliss-reactive ketones (excluding diaryl/α,β-unsaturated/α-hetero) is 1. The van der Waals surface area contributed by atoms with Gasteiger partial charge in [-0.15, -0.1) is 0 Å². The molecular formula is C25H33NO4. The van der Waals surface area contributed by atoms with Crippen LogP contribution in [-0.2, 0) is 14.3 Å². The minimum atomic E-state index is -0.558. The van der Waals surface area contributed by atoms with Crippen LogP contribution in [0.25, 0.3) is 0 Å². The lowest BCUT2D eigenvalue weighted by Gasteiger charge is -2.55. The van der Waals surface area contributed by atoms with Gasteiger partial charge in [0.05, 0.1) is 0 Å². The van der Waals surface area contributed by atoms with E-state index in [4.69, 9.17) is 4.74 Å². The Labute approximate surface area is 178 Å². The highest BCUT2D eigenvalue weighted by Crippen LogP contribution is 2.60. The van der Waals surface area contributed by atoms with E-state index in [1.54, 1.807) is 12.1 Å². The second-order valence-electron chi connectivity index (χ2n) is 9.90. The molecule has 0 heterocycles. The molecule has 4 aliphatic rings. The molecule has 5 rings (SSSR count). The van der Waals surface area contributed by atoms with Crippen molar-refractivity contribution in [3.8, 4) is 0 Å². The molecule has 0 aliphatic heterocycles. The SMILES string of the molecule is CC[C@@H](C)c1ccc(C(=O)COC(=O)CNC(=O)C23CC4CC(CC(C4)C2)C3)cc1. The van der Waals surface area contributed by atoms with Crippen molar-refractivity contribution in [2.75, 3.05) is 13.2 Å². The molecule has 0 radical (unpaired) electrons. The summed E-state index contributed by atoms with van der Waals surface area (Å²) in [4.78, 5) is 37.3. The quantitative estimate of drug-likeness (QED) is 0.512. The molecule has 0 saturated heterocycles. The molecule has 30 heavy (non-hydrogen) atoms. The van der Waals surface area contributed by atoms with Crippen LogP contribution >= 0.6 is 0 Å². The molecule has 1 aromatic rings. The fourth-order valence-electron chi connectivity index (χ4n) is 6.24. The van der Waals surface area contributed by atoms with Crippen LogP contribution in [-0.4, -0.2) is 30.8 Å². The standard InChI is InChI=1S/C25H33NO4/c1-3-16(2)20-4-6-21(7-5-20)22(27)15-30-23(28)14-26-24(29)25-11-17-8-18(12-25)10-19(9-17)13-25/h4-7,16-19H,3,8-15H2,1-2H3,(H,26,29)/t16-,17?,18?,19?,25?/m1/s1. The number of hydrogen-bond acceptors (Lipinski definition) is 4. The van der Waals surface area contributed by atoms with Gasteiger partial charge in [0.1, 0.15) is 6.54 Å². The number of carbonyl (C=O) groups is 3. The Kier molecular flexibility index (Phi) is 5.99. The number of rotatable bonds is 8. The minimum absolute atomic E-state index is 0.00510. The summed E-state index contributed by atoms with van der Waals surface area (Å²) in [6, 6.07) is 7.48. The van der Waals surface area contributed by atoms with Gasteiger partial charge >= 0.3 is 5.97 Å². The maximum Gasteiger partial charge on any atom is 0.325 e. The number of benzene rings is 1.